The Morgan fingerprint density at radius 1 is 1.04 bits per heavy atom. The van der Waals surface area contributed by atoms with Gasteiger partial charge in [0, 0.05) is 11.3 Å². The zero-order valence-corrected chi connectivity index (χ0v) is 15.9. The van der Waals surface area contributed by atoms with Crippen LogP contribution in [0.1, 0.15) is 47.2 Å². The molecular formula is C20H23NO5. The smallest absolute Gasteiger partial charge is 0.343 e. The highest BCUT2D eigenvalue weighted by Crippen LogP contribution is 2.29. The summed E-state index contributed by atoms with van der Waals surface area (Å²) in [5, 5.41) is 0. The molecule has 1 aromatic carbocycles. The SMILES string of the molecule is COC(=O)c1cc(-c2cccc(C(=O)OC(C)(C)C)c2)c(C)nc1OC. The van der Waals surface area contributed by atoms with Gasteiger partial charge in [0.15, 0.2) is 0 Å². The summed E-state index contributed by atoms with van der Waals surface area (Å²) in [5.74, 6) is -0.757. The predicted octanol–water partition coefficient (Wildman–Crippen LogP) is 3.81. The topological polar surface area (TPSA) is 74.7 Å². The molecule has 0 fully saturated rings. The predicted molar refractivity (Wildman–Crippen MR) is 97.5 cm³/mol. The molecule has 0 unspecified atom stereocenters. The van der Waals surface area contributed by atoms with Crippen molar-refractivity contribution in [2.75, 3.05) is 14.2 Å². The highest BCUT2D eigenvalue weighted by Gasteiger charge is 2.20. The lowest BCUT2D eigenvalue weighted by atomic mass is 10.00. The fraction of sp³-hybridized carbons (Fsp3) is 0.350. The molecule has 0 aliphatic carbocycles. The molecule has 1 heterocycles. The molecular weight excluding hydrogens is 334 g/mol. The molecule has 0 bridgehead atoms. The third-order valence-corrected chi connectivity index (χ3v) is 3.58. The number of esters is 2. The number of aryl methyl sites for hydroxylation is 1. The Hall–Kier alpha value is -2.89. The van der Waals surface area contributed by atoms with Crippen LogP contribution >= 0.6 is 0 Å². The Morgan fingerprint density at radius 2 is 1.73 bits per heavy atom. The molecule has 1 aromatic heterocycles. The minimum atomic E-state index is -0.581. The number of nitrogens with zero attached hydrogens (tertiary/aromatic N) is 1. The fourth-order valence-electron chi connectivity index (χ4n) is 2.44. The van der Waals surface area contributed by atoms with Crippen molar-refractivity contribution in [1.82, 2.24) is 4.98 Å². The van der Waals surface area contributed by atoms with E-state index in [1.165, 1.54) is 14.2 Å². The summed E-state index contributed by atoms with van der Waals surface area (Å²) in [6, 6.07) is 8.65. The first-order valence-electron chi connectivity index (χ1n) is 8.14. The Morgan fingerprint density at radius 3 is 2.31 bits per heavy atom. The molecule has 6 heteroatoms. The van der Waals surface area contributed by atoms with Crippen molar-refractivity contribution in [3.63, 3.8) is 0 Å². The highest BCUT2D eigenvalue weighted by atomic mass is 16.6. The van der Waals surface area contributed by atoms with Crippen LogP contribution in [0.3, 0.4) is 0 Å². The minimum absolute atomic E-state index is 0.196. The second-order valence-corrected chi connectivity index (χ2v) is 6.75. The molecule has 0 aliphatic heterocycles. The highest BCUT2D eigenvalue weighted by molar-refractivity contribution is 5.94. The minimum Gasteiger partial charge on any atom is -0.480 e. The Bertz CT molecular complexity index is 837. The molecule has 0 saturated carbocycles. The number of pyridine rings is 1. The summed E-state index contributed by atoms with van der Waals surface area (Å²) < 4.78 is 15.4. The van der Waals surface area contributed by atoms with E-state index in [2.05, 4.69) is 4.98 Å². The van der Waals surface area contributed by atoms with Crippen molar-refractivity contribution < 1.29 is 23.8 Å². The molecule has 138 valence electrons. The first-order valence-corrected chi connectivity index (χ1v) is 8.14. The normalized spacial score (nSPS) is 11.0. The summed E-state index contributed by atoms with van der Waals surface area (Å²) >= 11 is 0. The summed E-state index contributed by atoms with van der Waals surface area (Å²) in [6.07, 6.45) is 0. The van der Waals surface area contributed by atoms with E-state index >= 15 is 0 Å². The largest absolute Gasteiger partial charge is 0.480 e. The van der Waals surface area contributed by atoms with E-state index in [0.29, 0.717) is 16.8 Å². The summed E-state index contributed by atoms with van der Waals surface area (Å²) in [5.41, 5.74) is 2.17. The van der Waals surface area contributed by atoms with Gasteiger partial charge in [-0.15, -0.1) is 0 Å². The number of methoxy groups -OCH3 is 2. The molecule has 0 radical (unpaired) electrons. The van der Waals surface area contributed by atoms with Crippen molar-refractivity contribution in [2.24, 2.45) is 0 Å². The van der Waals surface area contributed by atoms with Crippen molar-refractivity contribution in [2.45, 2.75) is 33.3 Å². The molecule has 2 aromatic rings. The zero-order chi connectivity index (χ0) is 19.5. The number of carbonyl (C=O) groups is 2. The van der Waals surface area contributed by atoms with Crippen LogP contribution in [0, 0.1) is 6.92 Å². The molecule has 6 nitrogen and oxygen atoms in total. The first-order chi connectivity index (χ1) is 12.2. The van der Waals surface area contributed by atoms with Crippen molar-refractivity contribution in [1.29, 1.82) is 0 Å². The quantitative estimate of drug-likeness (QED) is 0.775. The average molecular weight is 357 g/mol. The fourth-order valence-corrected chi connectivity index (χ4v) is 2.44. The second-order valence-electron chi connectivity index (χ2n) is 6.75. The van der Waals surface area contributed by atoms with E-state index < -0.39 is 17.5 Å². The molecule has 26 heavy (non-hydrogen) atoms. The van der Waals surface area contributed by atoms with Gasteiger partial charge in [0.1, 0.15) is 11.2 Å². The van der Waals surface area contributed by atoms with Crippen molar-refractivity contribution in [3.05, 3.63) is 47.2 Å². The number of hydrogen-bond donors (Lipinski definition) is 0. The van der Waals surface area contributed by atoms with Gasteiger partial charge in [-0.2, -0.15) is 0 Å². The monoisotopic (exact) mass is 357 g/mol. The van der Waals surface area contributed by atoms with E-state index in [4.69, 9.17) is 14.2 Å². The Labute approximate surface area is 153 Å². The molecule has 0 N–H and O–H groups in total. The third kappa shape index (κ3) is 4.39. The van der Waals surface area contributed by atoms with Gasteiger partial charge in [-0.25, -0.2) is 14.6 Å². The van der Waals surface area contributed by atoms with Crippen LogP contribution in [0.15, 0.2) is 30.3 Å². The standard InChI is InChI=1S/C20H23NO5/c1-12-15(11-16(19(23)25-6)17(21-12)24-5)13-8-7-9-14(10-13)18(22)26-20(2,3)4/h7-11H,1-6H3. The number of hydrogen-bond acceptors (Lipinski definition) is 6. The number of benzene rings is 1. The van der Waals surface area contributed by atoms with Gasteiger partial charge in [-0.05, 0) is 51.5 Å². The van der Waals surface area contributed by atoms with Gasteiger partial charge in [0.25, 0.3) is 0 Å². The lowest BCUT2D eigenvalue weighted by Gasteiger charge is -2.19. The van der Waals surface area contributed by atoms with Gasteiger partial charge in [0.05, 0.1) is 19.8 Å². The van der Waals surface area contributed by atoms with Gasteiger partial charge in [0.2, 0.25) is 5.88 Å². The summed E-state index contributed by atoms with van der Waals surface area (Å²) in [4.78, 5) is 28.7. The van der Waals surface area contributed by atoms with Gasteiger partial charge in [-0.3, -0.25) is 0 Å². The van der Waals surface area contributed by atoms with Crippen LogP contribution in [0.5, 0.6) is 5.88 Å². The lowest BCUT2D eigenvalue weighted by Crippen LogP contribution is -2.23. The van der Waals surface area contributed by atoms with E-state index in [1.807, 2.05) is 26.8 Å². The molecule has 0 saturated heterocycles. The number of aromatic nitrogens is 1. The van der Waals surface area contributed by atoms with Crippen molar-refractivity contribution >= 4 is 11.9 Å². The third-order valence-electron chi connectivity index (χ3n) is 3.58. The van der Waals surface area contributed by atoms with Crippen LogP contribution in [-0.4, -0.2) is 36.7 Å². The van der Waals surface area contributed by atoms with E-state index in [0.717, 1.165) is 5.56 Å². The zero-order valence-electron chi connectivity index (χ0n) is 15.9. The Balaban J connectivity index is 2.50. The van der Waals surface area contributed by atoms with E-state index in [9.17, 15) is 9.59 Å². The van der Waals surface area contributed by atoms with Gasteiger partial charge < -0.3 is 14.2 Å². The summed E-state index contributed by atoms with van der Waals surface area (Å²) in [6.45, 7) is 7.25. The summed E-state index contributed by atoms with van der Waals surface area (Å²) in [7, 11) is 2.74. The average Bonchev–Trinajstić information content (AvgIpc) is 2.59. The maximum absolute atomic E-state index is 12.3. The van der Waals surface area contributed by atoms with Crippen LogP contribution in [0.2, 0.25) is 0 Å². The second kappa shape index (κ2) is 7.56. The molecule has 0 spiro atoms. The van der Waals surface area contributed by atoms with Crippen molar-refractivity contribution in [3.8, 4) is 17.0 Å². The van der Waals surface area contributed by atoms with Crippen LogP contribution in [0.25, 0.3) is 11.1 Å². The van der Waals surface area contributed by atoms with E-state index in [-0.39, 0.29) is 11.4 Å². The van der Waals surface area contributed by atoms with E-state index in [1.54, 1.807) is 31.2 Å². The maximum atomic E-state index is 12.3. The molecule has 2 rings (SSSR count). The molecule has 0 atom stereocenters. The van der Waals surface area contributed by atoms with Gasteiger partial charge in [-0.1, -0.05) is 12.1 Å². The number of ether oxygens (including phenoxy) is 3. The van der Waals surface area contributed by atoms with Crippen LogP contribution in [-0.2, 0) is 9.47 Å². The maximum Gasteiger partial charge on any atom is 0.343 e. The van der Waals surface area contributed by atoms with Crippen LogP contribution < -0.4 is 4.74 Å². The van der Waals surface area contributed by atoms with Gasteiger partial charge >= 0.3 is 11.9 Å². The van der Waals surface area contributed by atoms with Crippen LogP contribution in [0.4, 0.5) is 0 Å². The molecule has 0 aliphatic rings. The first kappa shape index (κ1) is 19.4. The number of carbonyl (C=O) groups excluding carboxylic acids is 2. The molecule has 0 amide bonds. The lowest BCUT2D eigenvalue weighted by molar-refractivity contribution is 0.00693. The Kier molecular flexibility index (Phi) is 5.65. The number of rotatable bonds is 4.